The van der Waals surface area contributed by atoms with E-state index in [0.29, 0.717) is 44.0 Å². The lowest BCUT2D eigenvalue weighted by molar-refractivity contribution is -0.0139. The van der Waals surface area contributed by atoms with Crippen LogP contribution < -0.4 is 14.4 Å². The highest BCUT2D eigenvalue weighted by Gasteiger charge is 2.34. The lowest BCUT2D eigenvalue weighted by Gasteiger charge is -2.43. The molecule has 3 aromatic carbocycles. The fourth-order valence-electron chi connectivity index (χ4n) is 7.43. The van der Waals surface area contributed by atoms with Gasteiger partial charge >= 0.3 is 6.09 Å². The second-order valence-electron chi connectivity index (χ2n) is 15.4. The number of aliphatic hydroxyl groups is 1. The van der Waals surface area contributed by atoms with Gasteiger partial charge in [0.05, 0.1) is 23.7 Å². The summed E-state index contributed by atoms with van der Waals surface area (Å²) in [5.74, 6) is 1.53. The Bertz CT molecular complexity index is 2010. The van der Waals surface area contributed by atoms with Crippen LogP contribution in [0.25, 0.3) is 22.2 Å². The number of carbonyl (C=O) groups is 1. The molecule has 1 N–H and O–H groups in total. The Morgan fingerprint density at radius 3 is 2.20 bits per heavy atom. The quantitative estimate of drug-likeness (QED) is 0.155. The van der Waals surface area contributed by atoms with Gasteiger partial charge in [-0.2, -0.15) is 10.1 Å². The summed E-state index contributed by atoms with van der Waals surface area (Å²) >= 11 is 0. The zero-order chi connectivity index (χ0) is 37.7. The van der Waals surface area contributed by atoms with E-state index >= 15 is 0 Å². The Hall–Kier alpha value is -5.13. The molecule has 0 aliphatic carbocycles. The van der Waals surface area contributed by atoms with E-state index in [4.69, 9.17) is 24.3 Å². The van der Waals surface area contributed by atoms with Crippen LogP contribution in [-0.2, 0) is 25.0 Å². The molecule has 0 bridgehead atoms. The molecule has 2 aliphatic rings. The van der Waals surface area contributed by atoms with Gasteiger partial charge in [0, 0.05) is 63.5 Å². The summed E-state index contributed by atoms with van der Waals surface area (Å²) in [6, 6.07) is 30.4. The minimum atomic E-state index is -0.560. The van der Waals surface area contributed by atoms with Crippen LogP contribution >= 0.6 is 0 Å². The molecule has 0 unspecified atom stereocenters. The van der Waals surface area contributed by atoms with Crippen LogP contribution in [0, 0.1) is 5.92 Å². The highest BCUT2D eigenvalue weighted by atomic mass is 16.6. The number of hydrogen-bond acceptors (Lipinski definition) is 9. The molecule has 5 aromatic rings. The number of piperazine rings is 1. The first-order valence-corrected chi connectivity index (χ1v) is 19.0. The van der Waals surface area contributed by atoms with Gasteiger partial charge in [-0.3, -0.25) is 9.58 Å². The Morgan fingerprint density at radius 1 is 0.852 bits per heavy atom. The maximum absolute atomic E-state index is 12.7. The third-order valence-electron chi connectivity index (χ3n) is 10.3. The molecule has 284 valence electrons. The van der Waals surface area contributed by atoms with Crippen molar-refractivity contribution in [1.82, 2.24) is 24.6 Å². The predicted octanol–water partition coefficient (Wildman–Crippen LogP) is 6.92. The molecule has 2 saturated heterocycles. The van der Waals surface area contributed by atoms with Crippen LogP contribution in [0.4, 0.5) is 10.5 Å². The highest BCUT2D eigenvalue weighted by molar-refractivity contribution is 5.96. The summed E-state index contributed by atoms with van der Waals surface area (Å²) in [6.45, 7) is 11.2. The van der Waals surface area contributed by atoms with E-state index in [-0.39, 0.29) is 18.7 Å². The van der Waals surface area contributed by atoms with Gasteiger partial charge in [-0.25, -0.2) is 4.79 Å². The van der Waals surface area contributed by atoms with Crippen LogP contribution in [-0.4, -0.2) is 93.3 Å². The molecule has 1 atom stereocenters. The summed E-state index contributed by atoms with van der Waals surface area (Å²) in [6.07, 6.45) is 1.82. The second kappa shape index (κ2) is 16.5. The normalized spacial score (nSPS) is 17.2. The number of rotatable bonds is 11. The Balaban J connectivity index is 1.02. The predicted molar refractivity (Wildman–Crippen MR) is 211 cm³/mol. The van der Waals surface area contributed by atoms with Crippen LogP contribution in [0.3, 0.4) is 0 Å². The van der Waals surface area contributed by atoms with Gasteiger partial charge in [0.15, 0.2) is 0 Å². The lowest BCUT2D eigenvalue weighted by Crippen LogP contribution is -2.58. The largest absolute Gasteiger partial charge is 0.473 e. The molecule has 2 aromatic heterocycles. The van der Waals surface area contributed by atoms with Crippen molar-refractivity contribution in [3.05, 3.63) is 102 Å². The van der Waals surface area contributed by atoms with Crippen LogP contribution in [0.2, 0.25) is 0 Å². The number of aromatic nitrogens is 3. The standard InChI is InChI=1S/C43H52N6O5/c1-43(2,3)54-42(51)49-24-23-47(27-35(49)28-50)26-31-19-21-48(22-20-31)34-15-16-36-38(25-34)46(4)45-40(36)37-17-18-39(52-29-32-11-7-5-8-12-32)44-41(37)53-30-33-13-9-6-10-14-33/h5-18,25,31,35,50H,19-24,26-30H2,1-4H3/t35-/m0/s1. The molecule has 54 heavy (non-hydrogen) atoms. The van der Waals surface area contributed by atoms with Gasteiger partial charge in [-0.1, -0.05) is 60.7 Å². The Morgan fingerprint density at radius 2 is 1.54 bits per heavy atom. The van der Waals surface area contributed by atoms with Crippen molar-refractivity contribution in [3.8, 4) is 23.0 Å². The number of fused-ring (bicyclic) bond motifs is 1. The van der Waals surface area contributed by atoms with E-state index in [1.807, 2.05) is 105 Å². The molecular weight excluding hydrogens is 681 g/mol. The highest BCUT2D eigenvalue weighted by Crippen LogP contribution is 2.37. The third-order valence-corrected chi connectivity index (χ3v) is 10.3. The van der Waals surface area contributed by atoms with Crippen molar-refractivity contribution < 1.29 is 24.1 Å². The maximum atomic E-state index is 12.7. The number of aryl methyl sites for hydroxylation is 1. The van der Waals surface area contributed by atoms with Gasteiger partial charge in [-0.05, 0) is 74.9 Å². The Labute approximate surface area is 318 Å². The van der Waals surface area contributed by atoms with E-state index in [0.717, 1.165) is 72.3 Å². The molecule has 2 fully saturated rings. The van der Waals surface area contributed by atoms with Gasteiger partial charge in [0.2, 0.25) is 11.8 Å². The van der Waals surface area contributed by atoms with Gasteiger partial charge < -0.3 is 29.1 Å². The number of nitrogens with zero attached hydrogens (tertiary/aromatic N) is 6. The first-order valence-electron chi connectivity index (χ1n) is 19.0. The SMILES string of the molecule is Cn1nc(-c2ccc(OCc3ccccc3)nc2OCc2ccccc2)c2ccc(N3CCC(CN4CCN(C(=O)OC(C)(C)C)[C@H](CO)C4)CC3)cc21. The van der Waals surface area contributed by atoms with Crippen LogP contribution in [0.1, 0.15) is 44.7 Å². The average molecular weight is 733 g/mol. The fourth-order valence-corrected chi connectivity index (χ4v) is 7.43. The minimum absolute atomic E-state index is 0.0700. The summed E-state index contributed by atoms with van der Waals surface area (Å²) in [5.41, 5.74) is 5.41. The number of ether oxygens (including phenoxy) is 3. The molecule has 4 heterocycles. The first kappa shape index (κ1) is 37.2. The molecule has 2 aliphatic heterocycles. The maximum Gasteiger partial charge on any atom is 0.410 e. The van der Waals surface area contributed by atoms with E-state index < -0.39 is 5.60 Å². The summed E-state index contributed by atoms with van der Waals surface area (Å²) in [7, 11) is 1.99. The molecule has 11 heteroatoms. The molecule has 7 rings (SSSR count). The van der Waals surface area contributed by atoms with Crippen LogP contribution in [0.15, 0.2) is 91.0 Å². The fraction of sp³-hybridized carbons (Fsp3) is 0.419. The van der Waals surface area contributed by atoms with Gasteiger partial charge in [-0.15, -0.1) is 0 Å². The topological polar surface area (TPSA) is 105 Å². The summed E-state index contributed by atoms with van der Waals surface area (Å²) < 4.78 is 20.0. The number of anilines is 1. The number of amides is 1. The minimum Gasteiger partial charge on any atom is -0.473 e. The van der Waals surface area contributed by atoms with Crippen molar-refractivity contribution in [2.75, 3.05) is 50.8 Å². The monoisotopic (exact) mass is 732 g/mol. The zero-order valence-corrected chi connectivity index (χ0v) is 31.9. The smallest absolute Gasteiger partial charge is 0.410 e. The number of carbonyl (C=O) groups excluding carboxylic acids is 1. The van der Waals surface area contributed by atoms with Gasteiger partial charge in [0.1, 0.15) is 24.5 Å². The number of pyridine rings is 1. The van der Waals surface area contributed by atoms with Crippen molar-refractivity contribution >= 4 is 22.7 Å². The number of hydrogen-bond donors (Lipinski definition) is 1. The lowest BCUT2D eigenvalue weighted by atomic mass is 9.95. The summed E-state index contributed by atoms with van der Waals surface area (Å²) in [4.78, 5) is 24.1. The number of benzene rings is 3. The van der Waals surface area contributed by atoms with E-state index in [2.05, 4.69) is 28.0 Å². The molecule has 11 nitrogen and oxygen atoms in total. The molecule has 0 spiro atoms. The summed E-state index contributed by atoms with van der Waals surface area (Å²) in [5, 5.41) is 16.1. The van der Waals surface area contributed by atoms with Crippen molar-refractivity contribution in [2.45, 2.75) is 58.5 Å². The molecular formula is C43H52N6O5. The molecule has 0 radical (unpaired) electrons. The van der Waals surface area contributed by atoms with Crippen molar-refractivity contribution in [1.29, 1.82) is 0 Å². The Kier molecular flexibility index (Phi) is 11.4. The van der Waals surface area contributed by atoms with E-state index in [1.165, 1.54) is 5.69 Å². The third kappa shape index (κ3) is 8.97. The zero-order valence-electron chi connectivity index (χ0n) is 31.9. The number of aliphatic hydroxyl groups excluding tert-OH is 1. The van der Waals surface area contributed by atoms with E-state index in [9.17, 15) is 9.90 Å². The number of piperidine rings is 1. The van der Waals surface area contributed by atoms with Crippen molar-refractivity contribution in [2.24, 2.45) is 13.0 Å². The molecule has 0 saturated carbocycles. The first-order chi connectivity index (χ1) is 26.1. The van der Waals surface area contributed by atoms with Crippen LogP contribution in [0.5, 0.6) is 11.8 Å². The van der Waals surface area contributed by atoms with Crippen molar-refractivity contribution in [3.63, 3.8) is 0 Å². The second-order valence-corrected chi connectivity index (χ2v) is 15.4. The average Bonchev–Trinajstić information content (AvgIpc) is 3.51. The van der Waals surface area contributed by atoms with E-state index in [1.54, 1.807) is 4.90 Å². The molecule has 1 amide bonds. The van der Waals surface area contributed by atoms with Gasteiger partial charge in [0.25, 0.3) is 0 Å².